The standard InChI is InChI=1S/C16H21F3N2O/c1-12(7-6-10-21(2)3)15(22)20-11-13-8-4-5-9-14(13)16(17,18)19/h4-5,7-9H,6,10-11H2,1-3H3,(H,20,22). The molecule has 0 aliphatic rings. The van der Waals surface area contributed by atoms with Gasteiger partial charge in [0.2, 0.25) is 5.91 Å². The summed E-state index contributed by atoms with van der Waals surface area (Å²) in [4.78, 5) is 13.9. The first-order valence-electron chi connectivity index (χ1n) is 6.96. The fraction of sp³-hybridized carbons (Fsp3) is 0.438. The molecule has 22 heavy (non-hydrogen) atoms. The van der Waals surface area contributed by atoms with Crippen LogP contribution in [0.4, 0.5) is 13.2 Å². The van der Waals surface area contributed by atoms with Crippen molar-refractivity contribution in [1.29, 1.82) is 0 Å². The lowest BCUT2D eigenvalue weighted by molar-refractivity contribution is -0.138. The second-order valence-electron chi connectivity index (χ2n) is 5.32. The highest BCUT2D eigenvalue weighted by molar-refractivity contribution is 5.92. The summed E-state index contributed by atoms with van der Waals surface area (Å²) < 4.78 is 38.5. The van der Waals surface area contributed by atoms with E-state index in [4.69, 9.17) is 0 Å². The molecular formula is C16H21F3N2O. The molecule has 0 heterocycles. The van der Waals surface area contributed by atoms with Crippen molar-refractivity contribution < 1.29 is 18.0 Å². The molecule has 1 aromatic carbocycles. The van der Waals surface area contributed by atoms with Crippen molar-refractivity contribution in [3.63, 3.8) is 0 Å². The summed E-state index contributed by atoms with van der Waals surface area (Å²) in [5.74, 6) is -0.351. The zero-order chi connectivity index (χ0) is 16.8. The molecular weight excluding hydrogens is 293 g/mol. The Kier molecular flexibility index (Phi) is 6.61. The molecule has 1 rings (SSSR count). The molecule has 6 heteroatoms. The van der Waals surface area contributed by atoms with Crippen LogP contribution in [0.1, 0.15) is 24.5 Å². The van der Waals surface area contributed by atoms with Gasteiger partial charge in [-0.25, -0.2) is 0 Å². The molecule has 1 aromatic rings. The van der Waals surface area contributed by atoms with Crippen molar-refractivity contribution in [3.05, 3.63) is 47.0 Å². The van der Waals surface area contributed by atoms with Crippen LogP contribution in [0.3, 0.4) is 0 Å². The van der Waals surface area contributed by atoms with E-state index in [0.29, 0.717) is 12.0 Å². The minimum Gasteiger partial charge on any atom is -0.348 e. The van der Waals surface area contributed by atoms with Gasteiger partial charge in [0.25, 0.3) is 0 Å². The molecule has 0 aliphatic carbocycles. The number of nitrogens with one attached hydrogen (secondary N) is 1. The molecule has 0 fully saturated rings. The molecule has 0 saturated heterocycles. The van der Waals surface area contributed by atoms with Gasteiger partial charge in [-0.3, -0.25) is 4.79 Å². The Morgan fingerprint density at radius 2 is 1.91 bits per heavy atom. The van der Waals surface area contributed by atoms with Crippen LogP contribution in [0.15, 0.2) is 35.9 Å². The number of rotatable bonds is 6. The van der Waals surface area contributed by atoms with Crippen LogP contribution < -0.4 is 5.32 Å². The highest BCUT2D eigenvalue weighted by atomic mass is 19.4. The van der Waals surface area contributed by atoms with Gasteiger partial charge in [0.05, 0.1) is 5.56 Å². The summed E-state index contributed by atoms with van der Waals surface area (Å²) in [7, 11) is 3.86. The number of hydrogen-bond donors (Lipinski definition) is 1. The first-order valence-corrected chi connectivity index (χ1v) is 6.96. The maximum absolute atomic E-state index is 12.8. The van der Waals surface area contributed by atoms with E-state index < -0.39 is 11.7 Å². The molecule has 3 nitrogen and oxygen atoms in total. The SMILES string of the molecule is CC(=CCCN(C)C)C(=O)NCc1ccccc1C(F)(F)F. The Labute approximate surface area is 128 Å². The van der Waals surface area contributed by atoms with Crippen molar-refractivity contribution >= 4 is 5.91 Å². The van der Waals surface area contributed by atoms with Crippen LogP contribution in [0, 0.1) is 0 Å². The number of halogens is 3. The monoisotopic (exact) mass is 314 g/mol. The predicted octanol–water partition coefficient (Wildman–Crippen LogP) is 3.22. The van der Waals surface area contributed by atoms with E-state index in [9.17, 15) is 18.0 Å². The van der Waals surface area contributed by atoms with E-state index in [1.54, 1.807) is 13.0 Å². The zero-order valence-electron chi connectivity index (χ0n) is 13.0. The summed E-state index contributed by atoms with van der Waals surface area (Å²) in [5, 5.41) is 2.53. The van der Waals surface area contributed by atoms with Crippen LogP contribution in [0.5, 0.6) is 0 Å². The topological polar surface area (TPSA) is 32.3 Å². The third kappa shape index (κ3) is 5.89. The van der Waals surface area contributed by atoms with Crippen molar-refractivity contribution in [2.45, 2.75) is 26.1 Å². The van der Waals surface area contributed by atoms with Crippen LogP contribution in [0.2, 0.25) is 0 Å². The highest BCUT2D eigenvalue weighted by Gasteiger charge is 2.32. The molecule has 1 N–H and O–H groups in total. The number of hydrogen-bond acceptors (Lipinski definition) is 2. The van der Waals surface area contributed by atoms with E-state index in [2.05, 4.69) is 5.32 Å². The Bertz CT molecular complexity index is 536. The number of carbonyl (C=O) groups excluding carboxylic acids is 1. The minimum absolute atomic E-state index is 0.0597. The molecule has 0 atom stereocenters. The first-order chi connectivity index (χ1) is 10.2. The van der Waals surface area contributed by atoms with E-state index in [1.165, 1.54) is 18.2 Å². The van der Waals surface area contributed by atoms with Crippen molar-refractivity contribution in [3.8, 4) is 0 Å². The molecule has 0 aliphatic heterocycles. The minimum atomic E-state index is -4.42. The predicted molar refractivity (Wildman–Crippen MR) is 80.2 cm³/mol. The smallest absolute Gasteiger partial charge is 0.348 e. The number of alkyl halides is 3. The van der Waals surface area contributed by atoms with Gasteiger partial charge in [0.1, 0.15) is 0 Å². The number of benzene rings is 1. The second kappa shape index (κ2) is 7.98. The van der Waals surface area contributed by atoms with Gasteiger partial charge in [-0.1, -0.05) is 24.3 Å². The van der Waals surface area contributed by atoms with Crippen molar-refractivity contribution in [2.75, 3.05) is 20.6 Å². The molecule has 0 aromatic heterocycles. The maximum atomic E-state index is 12.8. The van der Waals surface area contributed by atoms with Crippen LogP contribution in [-0.4, -0.2) is 31.4 Å². The third-order valence-corrected chi connectivity index (χ3v) is 3.15. The van der Waals surface area contributed by atoms with Gasteiger partial charge in [-0.15, -0.1) is 0 Å². The average molecular weight is 314 g/mol. The second-order valence-corrected chi connectivity index (χ2v) is 5.32. The van der Waals surface area contributed by atoms with Crippen LogP contribution in [0.25, 0.3) is 0 Å². The normalized spacial score (nSPS) is 12.6. The molecule has 0 radical (unpaired) electrons. The lowest BCUT2D eigenvalue weighted by Crippen LogP contribution is -2.25. The van der Waals surface area contributed by atoms with Gasteiger partial charge in [0.15, 0.2) is 0 Å². The lowest BCUT2D eigenvalue weighted by atomic mass is 10.1. The zero-order valence-corrected chi connectivity index (χ0v) is 13.0. The van der Waals surface area contributed by atoms with Gasteiger partial charge in [-0.05, 0) is 39.1 Å². The Morgan fingerprint density at radius 1 is 1.27 bits per heavy atom. The maximum Gasteiger partial charge on any atom is 0.416 e. The number of carbonyl (C=O) groups is 1. The van der Waals surface area contributed by atoms with E-state index in [0.717, 1.165) is 12.6 Å². The average Bonchev–Trinajstić information content (AvgIpc) is 2.43. The van der Waals surface area contributed by atoms with E-state index in [1.807, 2.05) is 19.0 Å². The molecule has 0 saturated carbocycles. The van der Waals surface area contributed by atoms with Crippen molar-refractivity contribution in [1.82, 2.24) is 10.2 Å². The number of amides is 1. The summed E-state index contributed by atoms with van der Waals surface area (Å²) in [6.45, 7) is 2.32. The number of nitrogens with zero attached hydrogens (tertiary/aromatic N) is 1. The molecule has 0 spiro atoms. The first kappa shape index (κ1) is 18.2. The molecule has 1 amide bonds. The Morgan fingerprint density at radius 3 is 2.50 bits per heavy atom. The van der Waals surface area contributed by atoms with Gasteiger partial charge in [0, 0.05) is 18.7 Å². The van der Waals surface area contributed by atoms with Crippen LogP contribution in [-0.2, 0) is 17.5 Å². The Balaban J connectivity index is 2.65. The van der Waals surface area contributed by atoms with Gasteiger partial charge < -0.3 is 10.2 Å². The third-order valence-electron chi connectivity index (χ3n) is 3.15. The molecule has 0 unspecified atom stereocenters. The fourth-order valence-corrected chi connectivity index (χ4v) is 1.90. The Hall–Kier alpha value is -1.82. The molecule has 122 valence electrons. The molecule has 0 bridgehead atoms. The fourth-order valence-electron chi connectivity index (χ4n) is 1.90. The summed E-state index contributed by atoms with van der Waals surface area (Å²) >= 11 is 0. The largest absolute Gasteiger partial charge is 0.416 e. The van der Waals surface area contributed by atoms with Gasteiger partial charge in [-0.2, -0.15) is 13.2 Å². The summed E-state index contributed by atoms with van der Waals surface area (Å²) in [6.07, 6.45) is -1.92. The van der Waals surface area contributed by atoms with E-state index in [-0.39, 0.29) is 18.0 Å². The van der Waals surface area contributed by atoms with Crippen molar-refractivity contribution in [2.24, 2.45) is 0 Å². The lowest BCUT2D eigenvalue weighted by Gasteiger charge is -2.13. The summed E-state index contributed by atoms with van der Waals surface area (Å²) in [6, 6.07) is 5.24. The summed E-state index contributed by atoms with van der Waals surface area (Å²) in [5.41, 5.74) is -0.152. The van der Waals surface area contributed by atoms with E-state index >= 15 is 0 Å². The quantitative estimate of drug-likeness (QED) is 0.818. The van der Waals surface area contributed by atoms with Crippen LogP contribution >= 0.6 is 0 Å². The highest BCUT2D eigenvalue weighted by Crippen LogP contribution is 2.31. The van der Waals surface area contributed by atoms with Gasteiger partial charge >= 0.3 is 6.18 Å².